The summed E-state index contributed by atoms with van der Waals surface area (Å²) < 4.78 is 30.4. The molecule has 4 aromatic rings. The molecule has 2 amide bonds. The fraction of sp³-hybridized carbons (Fsp3) is 0.257. The zero-order valence-electron chi connectivity index (χ0n) is 25.7. The van der Waals surface area contributed by atoms with E-state index in [9.17, 15) is 18.0 Å². The second kappa shape index (κ2) is 15.1. The Morgan fingerprint density at radius 3 is 2.16 bits per heavy atom. The predicted molar refractivity (Wildman–Crippen MR) is 184 cm³/mol. The number of hydrogen-bond donors (Lipinski definition) is 1. The minimum absolute atomic E-state index is 0.0391. The van der Waals surface area contributed by atoms with Gasteiger partial charge in [0.2, 0.25) is 11.8 Å². The van der Waals surface area contributed by atoms with Crippen molar-refractivity contribution in [1.29, 1.82) is 0 Å². The maximum absolute atomic E-state index is 14.6. The van der Waals surface area contributed by atoms with Crippen LogP contribution in [-0.2, 0) is 32.6 Å². The highest BCUT2D eigenvalue weighted by Crippen LogP contribution is 2.31. The van der Waals surface area contributed by atoms with Crippen LogP contribution in [0.1, 0.15) is 36.1 Å². The Morgan fingerprint density at radius 2 is 1.51 bits per heavy atom. The van der Waals surface area contributed by atoms with Crippen LogP contribution in [0.15, 0.2) is 106 Å². The van der Waals surface area contributed by atoms with Gasteiger partial charge in [-0.2, -0.15) is 0 Å². The summed E-state index contributed by atoms with van der Waals surface area (Å²) in [6, 6.07) is 27.3. The molecule has 0 heterocycles. The van der Waals surface area contributed by atoms with Crippen LogP contribution in [0.4, 0.5) is 5.69 Å². The number of carbonyl (C=O) groups is 2. The second-order valence-corrected chi connectivity index (χ2v) is 14.4. The van der Waals surface area contributed by atoms with Gasteiger partial charge < -0.3 is 10.2 Å². The summed E-state index contributed by atoms with van der Waals surface area (Å²) in [6.45, 7) is 6.83. The first-order valence-corrected chi connectivity index (χ1v) is 17.2. The van der Waals surface area contributed by atoms with Crippen LogP contribution in [0.25, 0.3) is 0 Å². The fourth-order valence-electron chi connectivity index (χ4n) is 4.98. The monoisotopic (exact) mass is 709 g/mol. The van der Waals surface area contributed by atoms with E-state index in [4.69, 9.17) is 11.6 Å². The molecule has 0 aliphatic carbocycles. The van der Waals surface area contributed by atoms with E-state index in [0.717, 1.165) is 25.5 Å². The summed E-state index contributed by atoms with van der Waals surface area (Å²) in [4.78, 5) is 29.9. The quantitative estimate of drug-likeness (QED) is 0.170. The van der Waals surface area contributed by atoms with Crippen LogP contribution in [0.3, 0.4) is 0 Å². The van der Waals surface area contributed by atoms with E-state index in [0.29, 0.717) is 10.6 Å². The molecule has 4 rings (SSSR count). The first kappa shape index (κ1) is 34.2. The number of halogens is 2. The van der Waals surface area contributed by atoms with Gasteiger partial charge in [0, 0.05) is 28.5 Å². The number of carbonyl (C=O) groups excluding carboxylic acids is 2. The summed E-state index contributed by atoms with van der Waals surface area (Å²) in [5.74, 6) is -0.867. The van der Waals surface area contributed by atoms with Crippen molar-refractivity contribution in [3.63, 3.8) is 0 Å². The van der Waals surface area contributed by atoms with Crippen LogP contribution in [0, 0.1) is 13.8 Å². The molecular weight excluding hydrogens is 674 g/mol. The molecule has 0 unspecified atom stereocenters. The highest BCUT2D eigenvalue weighted by atomic mass is 79.9. The largest absolute Gasteiger partial charge is 0.352 e. The average molecular weight is 711 g/mol. The van der Waals surface area contributed by atoms with E-state index < -0.39 is 28.5 Å². The molecular formula is C35H37BrClN3O4S. The molecule has 0 aromatic heterocycles. The molecule has 0 saturated heterocycles. The molecule has 0 radical (unpaired) electrons. The molecule has 4 aromatic carbocycles. The van der Waals surface area contributed by atoms with Crippen molar-refractivity contribution in [3.8, 4) is 0 Å². The topological polar surface area (TPSA) is 86.8 Å². The lowest BCUT2D eigenvalue weighted by atomic mass is 10.0. The van der Waals surface area contributed by atoms with Gasteiger partial charge >= 0.3 is 0 Å². The molecule has 0 bridgehead atoms. The van der Waals surface area contributed by atoms with Crippen molar-refractivity contribution < 1.29 is 18.0 Å². The minimum atomic E-state index is -4.22. The van der Waals surface area contributed by atoms with Gasteiger partial charge in [-0.15, -0.1) is 0 Å². The molecule has 236 valence electrons. The molecule has 0 aliphatic rings. The molecule has 10 heteroatoms. The number of hydrogen-bond acceptors (Lipinski definition) is 4. The highest BCUT2D eigenvalue weighted by Gasteiger charge is 2.35. The maximum Gasteiger partial charge on any atom is 0.264 e. The molecule has 0 spiro atoms. The third kappa shape index (κ3) is 8.75. The number of anilines is 1. The summed E-state index contributed by atoms with van der Waals surface area (Å²) in [7, 11) is -4.22. The van der Waals surface area contributed by atoms with Crippen molar-refractivity contribution in [2.75, 3.05) is 10.8 Å². The molecule has 1 N–H and O–H groups in total. The third-order valence-corrected chi connectivity index (χ3v) is 10.0. The average Bonchev–Trinajstić information content (AvgIpc) is 2.99. The lowest BCUT2D eigenvalue weighted by Crippen LogP contribution is -2.54. The van der Waals surface area contributed by atoms with Gasteiger partial charge in [-0.05, 0) is 80.8 Å². The van der Waals surface area contributed by atoms with E-state index in [1.54, 1.807) is 37.3 Å². The van der Waals surface area contributed by atoms with Crippen LogP contribution in [-0.4, -0.2) is 43.8 Å². The SMILES string of the molecule is Cc1ccc(S(=O)(=O)N(CC(=O)N(Cc2cccc(Br)c2)[C@H](Cc2ccccc2)C(=O)NC(C)C)c2cccc(Cl)c2C)cc1. The number of amides is 2. The van der Waals surface area contributed by atoms with E-state index in [1.807, 2.05) is 75.4 Å². The summed E-state index contributed by atoms with van der Waals surface area (Å²) in [5, 5.41) is 3.34. The number of sulfonamides is 1. The lowest BCUT2D eigenvalue weighted by Gasteiger charge is -2.34. The van der Waals surface area contributed by atoms with Crippen molar-refractivity contribution in [2.24, 2.45) is 0 Å². The molecule has 45 heavy (non-hydrogen) atoms. The molecule has 0 aliphatic heterocycles. The van der Waals surface area contributed by atoms with Gasteiger partial charge in [-0.25, -0.2) is 8.42 Å². The number of benzene rings is 4. The third-order valence-electron chi connectivity index (χ3n) is 7.34. The Bertz CT molecular complexity index is 1750. The van der Waals surface area contributed by atoms with Gasteiger partial charge in [0.15, 0.2) is 0 Å². The molecule has 0 fully saturated rings. The van der Waals surface area contributed by atoms with Gasteiger partial charge in [-0.3, -0.25) is 13.9 Å². The Balaban J connectivity index is 1.84. The first-order chi connectivity index (χ1) is 21.4. The van der Waals surface area contributed by atoms with E-state index in [2.05, 4.69) is 21.2 Å². The molecule has 7 nitrogen and oxygen atoms in total. The van der Waals surface area contributed by atoms with Crippen molar-refractivity contribution in [2.45, 2.75) is 57.6 Å². The van der Waals surface area contributed by atoms with Crippen LogP contribution >= 0.6 is 27.5 Å². The van der Waals surface area contributed by atoms with Gasteiger partial charge in [0.1, 0.15) is 12.6 Å². The van der Waals surface area contributed by atoms with Gasteiger partial charge in [0.25, 0.3) is 10.0 Å². The van der Waals surface area contributed by atoms with E-state index >= 15 is 0 Å². The number of nitrogens with one attached hydrogen (secondary N) is 1. The number of aryl methyl sites for hydroxylation is 1. The summed E-state index contributed by atoms with van der Waals surface area (Å²) in [5.41, 5.74) is 3.34. The Labute approximate surface area is 279 Å². The summed E-state index contributed by atoms with van der Waals surface area (Å²) in [6.07, 6.45) is 0.236. The zero-order valence-corrected chi connectivity index (χ0v) is 28.9. The number of nitrogens with zero attached hydrogens (tertiary/aromatic N) is 2. The second-order valence-electron chi connectivity index (χ2n) is 11.2. The minimum Gasteiger partial charge on any atom is -0.352 e. The van der Waals surface area contributed by atoms with Crippen molar-refractivity contribution in [3.05, 3.63) is 129 Å². The summed E-state index contributed by atoms with van der Waals surface area (Å²) >= 11 is 9.95. The predicted octanol–water partition coefficient (Wildman–Crippen LogP) is 7.08. The maximum atomic E-state index is 14.6. The molecule has 0 saturated carbocycles. The lowest BCUT2D eigenvalue weighted by molar-refractivity contribution is -0.140. The molecule has 1 atom stereocenters. The Kier molecular flexibility index (Phi) is 11.5. The first-order valence-electron chi connectivity index (χ1n) is 14.6. The number of rotatable bonds is 12. The standard InChI is InChI=1S/C35H37BrClN3O4S/c1-24(2)38-35(42)33(21-27-10-6-5-7-11-27)39(22-28-12-8-13-29(36)20-28)34(41)23-40(32-15-9-14-31(37)26(32)4)45(43,44)30-18-16-25(3)17-19-30/h5-20,24,33H,21-23H2,1-4H3,(H,38,42)/t33-/m1/s1. The van der Waals surface area contributed by atoms with E-state index in [-0.39, 0.29) is 35.5 Å². The zero-order chi connectivity index (χ0) is 32.7. The fourth-order valence-corrected chi connectivity index (χ4v) is 7.07. The van der Waals surface area contributed by atoms with E-state index in [1.165, 1.54) is 17.0 Å². The van der Waals surface area contributed by atoms with Gasteiger partial charge in [0.05, 0.1) is 10.6 Å². The van der Waals surface area contributed by atoms with Crippen LogP contribution < -0.4 is 9.62 Å². The smallest absolute Gasteiger partial charge is 0.264 e. The normalized spacial score (nSPS) is 12.1. The Morgan fingerprint density at radius 1 is 0.867 bits per heavy atom. The van der Waals surface area contributed by atoms with Crippen LogP contribution in [0.5, 0.6) is 0 Å². The highest BCUT2D eigenvalue weighted by molar-refractivity contribution is 9.10. The van der Waals surface area contributed by atoms with Crippen molar-refractivity contribution in [1.82, 2.24) is 10.2 Å². The Hall–Kier alpha value is -3.66. The van der Waals surface area contributed by atoms with Gasteiger partial charge in [-0.1, -0.05) is 93.8 Å². The van der Waals surface area contributed by atoms with Crippen molar-refractivity contribution >= 4 is 55.1 Å². The van der Waals surface area contributed by atoms with Crippen LogP contribution in [0.2, 0.25) is 5.02 Å².